The number of piperidine rings is 1. The molecule has 1 aromatic rings. The van der Waals surface area contributed by atoms with Gasteiger partial charge in [0.25, 0.3) is 0 Å². The Labute approximate surface area is 161 Å². The fourth-order valence-corrected chi connectivity index (χ4v) is 3.10. The monoisotopic (exact) mass is 377 g/mol. The summed E-state index contributed by atoms with van der Waals surface area (Å²) in [5.41, 5.74) is 0.682. The average molecular weight is 377 g/mol. The van der Waals surface area contributed by atoms with E-state index in [-0.39, 0.29) is 23.5 Å². The highest BCUT2D eigenvalue weighted by Crippen LogP contribution is 2.27. The van der Waals surface area contributed by atoms with E-state index in [1.165, 1.54) is 0 Å². The van der Waals surface area contributed by atoms with Gasteiger partial charge < -0.3 is 19.5 Å². The quantitative estimate of drug-likeness (QED) is 0.815. The largest absolute Gasteiger partial charge is 0.492 e. The van der Waals surface area contributed by atoms with E-state index in [4.69, 9.17) is 9.47 Å². The number of hydrogen-bond donors (Lipinski definition) is 1. The fourth-order valence-electron chi connectivity index (χ4n) is 3.10. The first-order valence-corrected chi connectivity index (χ1v) is 9.55. The number of carboxylic acid groups (broad SMARTS) is 1. The van der Waals surface area contributed by atoms with E-state index in [2.05, 4.69) is 13.8 Å². The van der Waals surface area contributed by atoms with Crippen LogP contribution in [-0.2, 0) is 4.74 Å². The van der Waals surface area contributed by atoms with Gasteiger partial charge in [-0.2, -0.15) is 0 Å². The molecule has 27 heavy (non-hydrogen) atoms. The summed E-state index contributed by atoms with van der Waals surface area (Å²) < 4.78 is 11.3. The van der Waals surface area contributed by atoms with Gasteiger partial charge in [0.2, 0.25) is 0 Å². The Balaban J connectivity index is 2.02. The van der Waals surface area contributed by atoms with Crippen LogP contribution in [0.5, 0.6) is 5.75 Å². The molecule has 1 aliphatic heterocycles. The molecule has 1 aromatic carbocycles. The summed E-state index contributed by atoms with van der Waals surface area (Å²) in [6.45, 7) is 11.3. The molecule has 2 rings (SSSR count). The standard InChI is InChI=1S/C21H31NO5/c1-14(2)16-8-9-17(19(23)24)18(11-16)26-13-15-7-6-10-22(12-15)20(25)27-21(3,4)5/h8-9,11,14-15H,6-7,10,12-13H2,1-5H3,(H,23,24). The van der Waals surface area contributed by atoms with Gasteiger partial charge in [-0.3, -0.25) is 0 Å². The molecule has 0 bridgehead atoms. The molecule has 1 atom stereocenters. The summed E-state index contributed by atoms with van der Waals surface area (Å²) in [5.74, 6) is -0.175. The summed E-state index contributed by atoms with van der Waals surface area (Å²) in [6, 6.07) is 5.23. The van der Waals surface area contributed by atoms with E-state index < -0.39 is 11.6 Å². The molecule has 0 aromatic heterocycles. The van der Waals surface area contributed by atoms with Crippen molar-refractivity contribution in [1.29, 1.82) is 0 Å². The van der Waals surface area contributed by atoms with Gasteiger partial charge in [-0.1, -0.05) is 19.9 Å². The second-order valence-corrected chi connectivity index (χ2v) is 8.46. The normalized spacial score (nSPS) is 17.7. The van der Waals surface area contributed by atoms with E-state index in [1.54, 1.807) is 11.0 Å². The Morgan fingerprint density at radius 3 is 2.59 bits per heavy atom. The molecule has 1 heterocycles. The van der Waals surface area contributed by atoms with Crippen molar-refractivity contribution in [1.82, 2.24) is 4.90 Å². The maximum atomic E-state index is 12.3. The minimum absolute atomic E-state index is 0.149. The predicted molar refractivity (Wildman–Crippen MR) is 104 cm³/mol. The number of carboxylic acids is 1. The third kappa shape index (κ3) is 6.15. The molecule has 0 saturated carbocycles. The van der Waals surface area contributed by atoms with Crippen LogP contribution < -0.4 is 4.74 Å². The Morgan fingerprint density at radius 2 is 2.00 bits per heavy atom. The van der Waals surface area contributed by atoms with Crippen molar-refractivity contribution in [3.8, 4) is 5.75 Å². The van der Waals surface area contributed by atoms with Crippen molar-refractivity contribution in [3.63, 3.8) is 0 Å². The Kier molecular flexibility index (Phi) is 6.73. The zero-order chi connectivity index (χ0) is 20.2. The predicted octanol–water partition coefficient (Wildman–Crippen LogP) is 4.53. The summed E-state index contributed by atoms with van der Waals surface area (Å²) >= 11 is 0. The van der Waals surface area contributed by atoms with Crippen LogP contribution in [0.15, 0.2) is 18.2 Å². The maximum absolute atomic E-state index is 12.3. The molecular formula is C21H31NO5. The van der Waals surface area contributed by atoms with Crippen molar-refractivity contribution < 1.29 is 24.2 Å². The number of likely N-dealkylation sites (tertiary alicyclic amines) is 1. The smallest absolute Gasteiger partial charge is 0.410 e. The lowest BCUT2D eigenvalue weighted by atomic mass is 9.99. The minimum Gasteiger partial charge on any atom is -0.492 e. The highest BCUT2D eigenvalue weighted by atomic mass is 16.6. The zero-order valence-corrected chi connectivity index (χ0v) is 16.9. The Morgan fingerprint density at radius 1 is 1.30 bits per heavy atom. The summed E-state index contributed by atoms with van der Waals surface area (Å²) in [5, 5.41) is 9.41. The highest BCUT2D eigenvalue weighted by Gasteiger charge is 2.28. The summed E-state index contributed by atoms with van der Waals surface area (Å²) in [7, 11) is 0. The van der Waals surface area contributed by atoms with Crippen molar-refractivity contribution in [2.75, 3.05) is 19.7 Å². The van der Waals surface area contributed by atoms with E-state index in [1.807, 2.05) is 32.9 Å². The van der Waals surface area contributed by atoms with Crippen molar-refractivity contribution in [3.05, 3.63) is 29.3 Å². The van der Waals surface area contributed by atoms with Gasteiger partial charge >= 0.3 is 12.1 Å². The first-order valence-electron chi connectivity index (χ1n) is 9.55. The third-order valence-electron chi connectivity index (χ3n) is 4.55. The fraction of sp³-hybridized carbons (Fsp3) is 0.619. The molecular weight excluding hydrogens is 346 g/mol. The second kappa shape index (κ2) is 8.63. The SMILES string of the molecule is CC(C)c1ccc(C(=O)O)c(OCC2CCCN(C(=O)OC(C)(C)C)C2)c1. The van der Waals surface area contributed by atoms with Crippen molar-refractivity contribution >= 4 is 12.1 Å². The van der Waals surface area contributed by atoms with Gasteiger partial charge in [-0.05, 0) is 57.2 Å². The van der Waals surface area contributed by atoms with Gasteiger partial charge in [0.05, 0.1) is 6.61 Å². The van der Waals surface area contributed by atoms with Crippen LogP contribution in [0.3, 0.4) is 0 Å². The van der Waals surface area contributed by atoms with Crippen LogP contribution in [0.25, 0.3) is 0 Å². The number of carbonyl (C=O) groups is 2. The molecule has 1 unspecified atom stereocenters. The minimum atomic E-state index is -1.00. The first-order chi connectivity index (χ1) is 12.6. The van der Waals surface area contributed by atoms with Crippen LogP contribution in [0.4, 0.5) is 4.79 Å². The van der Waals surface area contributed by atoms with Gasteiger partial charge in [-0.25, -0.2) is 9.59 Å². The maximum Gasteiger partial charge on any atom is 0.410 e. The lowest BCUT2D eigenvalue weighted by Crippen LogP contribution is -2.44. The van der Waals surface area contributed by atoms with Crippen LogP contribution in [0, 0.1) is 5.92 Å². The summed E-state index contributed by atoms with van der Waals surface area (Å²) in [4.78, 5) is 25.5. The van der Waals surface area contributed by atoms with Crippen LogP contribution >= 0.6 is 0 Å². The Hall–Kier alpha value is -2.24. The molecule has 0 aliphatic carbocycles. The number of aromatic carboxylic acids is 1. The molecule has 150 valence electrons. The number of ether oxygens (including phenoxy) is 2. The van der Waals surface area contributed by atoms with Crippen LogP contribution in [-0.4, -0.2) is 47.4 Å². The third-order valence-corrected chi connectivity index (χ3v) is 4.55. The highest BCUT2D eigenvalue weighted by molar-refractivity contribution is 5.91. The van der Waals surface area contributed by atoms with E-state index in [9.17, 15) is 14.7 Å². The number of amides is 1. The lowest BCUT2D eigenvalue weighted by molar-refractivity contribution is 0.0139. The topological polar surface area (TPSA) is 76.1 Å². The number of carbonyl (C=O) groups excluding carboxylic acids is 1. The Bertz CT molecular complexity index is 678. The second-order valence-electron chi connectivity index (χ2n) is 8.46. The van der Waals surface area contributed by atoms with Gasteiger partial charge in [0.1, 0.15) is 16.9 Å². The molecule has 0 spiro atoms. The van der Waals surface area contributed by atoms with Gasteiger partial charge in [0, 0.05) is 19.0 Å². The average Bonchev–Trinajstić information content (AvgIpc) is 2.58. The molecule has 1 amide bonds. The van der Waals surface area contributed by atoms with E-state index in [0.29, 0.717) is 25.4 Å². The molecule has 1 aliphatic rings. The first kappa shape index (κ1) is 21.1. The molecule has 1 saturated heterocycles. The van der Waals surface area contributed by atoms with Crippen molar-refractivity contribution in [2.45, 2.75) is 59.0 Å². The van der Waals surface area contributed by atoms with Crippen LogP contribution in [0.2, 0.25) is 0 Å². The number of hydrogen-bond acceptors (Lipinski definition) is 4. The van der Waals surface area contributed by atoms with E-state index >= 15 is 0 Å². The van der Waals surface area contributed by atoms with Gasteiger partial charge in [-0.15, -0.1) is 0 Å². The molecule has 6 nitrogen and oxygen atoms in total. The zero-order valence-electron chi connectivity index (χ0n) is 16.9. The summed E-state index contributed by atoms with van der Waals surface area (Å²) in [6.07, 6.45) is 1.51. The molecule has 1 fully saturated rings. The van der Waals surface area contributed by atoms with Gasteiger partial charge in [0.15, 0.2) is 0 Å². The molecule has 1 N–H and O–H groups in total. The van der Waals surface area contributed by atoms with Crippen LogP contribution in [0.1, 0.15) is 69.3 Å². The molecule has 0 radical (unpaired) electrons. The van der Waals surface area contributed by atoms with Crippen molar-refractivity contribution in [2.24, 2.45) is 5.92 Å². The molecule has 6 heteroatoms. The lowest BCUT2D eigenvalue weighted by Gasteiger charge is -2.34. The number of rotatable bonds is 5. The number of nitrogens with zero attached hydrogens (tertiary/aromatic N) is 1. The number of benzene rings is 1. The van der Waals surface area contributed by atoms with E-state index in [0.717, 1.165) is 18.4 Å².